The first-order valence-corrected chi connectivity index (χ1v) is 12.5. The Bertz CT molecular complexity index is 1410. The van der Waals surface area contributed by atoms with Gasteiger partial charge in [0.05, 0.1) is 38.3 Å². The summed E-state index contributed by atoms with van der Waals surface area (Å²) in [6.45, 7) is 1.70. The molecule has 214 valence electrons. The van der Waals surface area contributed by atoms with Gasteiger partial charge in [-0.2, -0.15) is 5.10 Å². The Kier molecular flexibility index (Phi) is 11.2. The number of benzene rings is 3. The van der Waals surface area contributed by atoms with E-state index in [-0.39, 0.29) is 13.2 Å². The first kappa shape index (κ1) is 30.2. The molecule has 0 fully saturated rings. The molecule has 12 nitrogen and oxygen atoms in total. The Labute approximate surface area is 236 Å². The Hall–Kier alpha value is -5.39. The highest BCUT2D eigenvalue weighted by atomic mass is 16.5. The van der Waals surface area contributed by atoms with Crippen LogP contribution in [0.15, 0.2) is 71.8 Å². The molecule has 0 aliphatic rings. The van der Waals surface area contributed by atoms with Crippen LogP contribution in [0.4, 0.5) is 11.4 Å². The summed E-state index contributed by atoms with van der Waals surface area (Å²) < 4.78 is 21.0. The largest absolute Gasteiger partial charge is 0.495 e. The summed E-state index contributed by atoms with van der Waals surface area (Å²) in [4.78, 5) is 48.3. The number of esters is 1. The summed E-state index contributed by atoms with van der Waals surface area (Å²) in [5.41, 5.74) is 4.18. The van der Waals surface area contributed by atoms with Gasteiger partial charge in [0.15, 0.2) is 18.1 Å². The lowest BCUT2D eigenvalue weighted by Crippen LogP contribution is -2.24. The molecule has 0 saturated heterocycles. The Morgan fingerprint density at radius 1 is 0.805 bits per heavy atom. The average Bonchev–Trinajstić information content (AvgIpc) is 2.97. The normalized spacial score (nSPS) is 10.4. The summed E-state index contributed by atoms with van der Waals surface area (Å²) in [5, 5.41) is 9.16. The first-order valence-electron chi connectivity index (χ1n) is 12.5. The molecule has 0 radical (unpaired) electrons. The van der Waals surface area contributed by atoms with E-state index in [0.29, 0.717) is 39.8 Å². The number of nitrogens with one attached hydrogen (secondary N) is 3. The van der Waals surface area contributed by atoms with Crippen LogP contribution in [-0.2, 0) is 19.1 Å². The summed E-state index contributed by atoms with van der Waals surface area (Å²) in [5.74, 6) is -0.866. The Morgan fingerprint density at radius 2 is 1.54 bits per heavy atom. The highest BCUT2D eigenvalue weighted by Gasteiger charge is 2.12. The number of carbonyl (C=O) groups is 4. The van der Waals surface area contributed by atoms with Crippen LogP contribution < -0.4 is 30.3 Å². The molecular formula is C29H30N4O8. The molecule has 41 heavy (non-hydrogen) atoms. The summed E-state index contributed by atoms with van der Waals surface area (Å²) in [7, 11) is 2.92. The van der Waals surface area contributed by atoms with E-state index in [1.54, 1.807) is 73.7 Å². The zero-order chi connectivity index (χ0) is 29.6. The SMILES string of the molecule is CCOC(=O)c1ccc(NC(=O)COc2ccc(C=NNC(=O)CC(=O)Nc3ccccc3OC)cc2OC)cc1. The number of anilines is 2. The zero-order valence-electron chi connectivity index (χ0n) is 22.8. The Balaban J connectivity index is 1.48. The van der Waals surface area contributed by atoms with Crippen LogP contribution in [0.5, 0.6) is 17.2 Å². The van der Waals surface area contributed by atoms with E-state index in [0.717, 1.165) is 0 Å². The lowest BCUT2D eigenvalue weighted by atomic mass is 10.2. The van der Waals surface area contributed by atoms with Crippen molar-refractivity contribution in [2.45, 2.75) is 13.3 Å². The second kappa shape index (κ2) is 15.3. The van der Waals surface area contributed by atoms with Gasteiger partial charge >= 0.3 is 5.97 Å². The lowest BCUT2D eigenvalue weighted by Gasteiger charge is -2.12. The van der Waals surface area contributed by atoms with Crippen LogP contribution in [0.1, 0.15) is 29.3 Å². The van der Waals surface area contributed by atoms with Gasteiger partial charge in [0.25, 0.3) is 5.91 Å². The number of methoxy groups -OCH3 is 2. The van der Waals surface area contributed by atoms with Crippen molar-refractivity contribution in [1.29, 1.82) is 0 Å². The van der Waals surface area contributed by atoms with Crippen LogP contribution >= 0.6 is 0 Å². The van der Waals surface area contributed by atoms with Crippen LogP contribution in [0.2, 0.25) is 0 Å². The third-order valence-electron chi connectivity index (χ3n) is 5.33. The van der Waals surface area contributed by atoms with Crippen LogP contribution in [0.25, 0.3) is 0 Å². The molecule has 0 aliphatic heterocycles. The highest BCUT2D eigenvalue weighted by Crippen LogP contribution is 2.27. The van der Waals surface area contributed by atoms with E-state index in [1.165, 1.54) is 20.4 Å². The number of ether oxygens (including phenoxy) is 4. The molecule has 0 atom stereocenters. The second-order valence-electron chi connectivity index (χ2n) is 8.26. The number of para-hydroxylation sites is 2. The summed E-state index contributed by atoms with van der Waals surface area (Å²) >= 11 is 0. The molecule has 0 bridgehead atoms. The quantitative estimate of drug-likeness (QED) is 0.124. The number of nitrogens with zero attached hydrogens (tertiary/aromatic N) is 1. The molecular weight excluding hydrogens is 532 g/mol. The van der Waals surface area contributed by atoms with Gasteiger partial charge in [-0.1, -0.05) is 12.1 Å². The minimum absolute atomic E-state index is 0.273. The predicted molar refractivity (Wildman–Crippen MR) is 151 cm³/mol. The molecule has 0 unspecified atom stereocenters. The highest BCUT2D eigenvalue weighted by molar-refractivity contribution is 6.04. The maximum atomic E-state index is 12.3. The Morgan fingerprint density at radius 3 is 2.24 bits per heavy atom. The number of rotatable bonds is 13. The lowest BCUT2D eigenvalue weighted by molar-refractivity contribution is -0.126. The smallest absolute Gasteiger partial charge is 0.338 e. The predicted octanol–water partition coefficient (Wildman–Crippen LogP) is 3.38. The van der Waals surface area contributed by atoms with Crippen molar-refractivity contribution in [1.82, 2.24) is 5.43 Å². The summed E-state index contributed by atoms with van der Waals surface area (Å²) in [6, 6.07) is 18.0. The van der Waals surface area contributed by atoms with Crippen molar-refractivity contribution in [3.05, 3.63) is 77.9 Å². The number of hydrogen-bond donors (Lipinski definition) is 3. The number of amides is 3. The van der Waals surface area contributed by atoms with Crippen molar-refractivity contribution in [3.8, 4) is 17.2 Å². The van der Waals surface area contributed by atoms with E-state index < -0.39 is 30.1 Å². The van der Waals surface area contributed by atoms with Gasteiger partial charge in [-0.3, -0.25) is 14.4 Å². The standard InChI is InChI=1S/C29H30N4O8/c1-4-40-29(37)20-10-12-21(13-11-20)31-28(36)18-41-24-14-9-19(15-25(24)39-3)17-30-33-27(35)16-26(34)32-22-7-5-6-8-23(22)38-2/h5-15,17H,4,16,18H2,1-3H3,(H,31,36)(H,32,34)(H,33,35). The number of hydrogen-bond acceptors (Lipinski definition) is 9. The van der Waals surface area contributed by atoms with E-state index in [9.17, 15) is 19.2 Å². The van der Waals surface area contributed by atoms with Gasteiger partial charge in [-0.25, -0.2) is 10.2 Å². The molecule has 3 amide bonds. The fourth-order valence-electron chi connectivity index (χ4n) is 3.43. The van der Waals surface area contributed by atoms with Crippen LogP contribution in [0.3, 0.4) is 0 Å². The van der Waals surface area contributed by atoms with Crippen molar-refractivity contribution in [2.75, 3.05) is 38.1 Å². The fraction of sp³-hybridized carbons (Fsp3) is 0.207. The van der Waals surface area contributed by atoms with Crippen molar-refractivity contribution >= 4 is 41.3 Å². The minimum Gasteiger partial charge on any atom is -0.495 e. The molecule has 0 aromatic heterocycles. The van der Waals surface area contributed by atoms with Crippen molar-refractivity contribution in [3.63, 3.8) is 0 Å². The molecule has 12 heteroatoms. The fourth-order valence-corrected chi connectivity index (χ4v) is 3.43. The average molecular weight is 563 g/mol. The first-order chi connectivity index (χ1) is 19.8. The van der Waals surface area contributed by atoms with Crippen molar-refractivity contribution in [2.24, 2.45) is 5.10 Å². The summed E-state index contributed by atoms with van der Waals surface area (Å²) in [6.07, 6.45) is 0.929. The number of carbonyl (C=O) groups excluding carboxylic acids is 4. The monoisotopic (exact) mass is 562 g/mol. The van der Waals surface area contributed by atoms with Gasteiger partial charge in [-0.05, 0) is 67.1 Å². The van der Waals surface area contributed by atoms with Gasteiger partial charge in [0.2, 0.25) is 11.8 Å². The van der Waals surface area contributed by atoms with Gasteiger partial charge in [0, 0.05) is 5.69 Å². The van der Waals surface area contributed by atoms with Crippen molar-refractivity contribution < 1.29 is 38.1 Å². The minimum atomic E-state index is -0.609. The molecule has 3 N–H and O–H groups in total. The van der Waals surface area contributed by atoms with E-state index in [4.69, 9.17) is 18.9 Å². The van der Waals surface area contributed by atoms with E-state index in [1.807, 2.05) is 0 Å². The topological polar surface area (TPSA) is 154 Å². The molecule has 0 heterocycles. The third kappa shape index (κ3) is 9.39. The molecule has 0 saturated carbocycles. The maximum Gasteiger partial charge on any atom is 0.338 e. The molecule has 0 aliphatic carbocycles. The maximum absolute atomic E-state index is 12.3. The molecule has 0 spiro atoms. The molecule has 3 rings (SSSR count). The van der Waals surface area contributed by atoms with Gasteiger partial charge in [0.1, 0.15) is 12.2 Å². The van der Waals surface area contributed by atoms with Crippen LogP contribution in [-0.4, -0.2) is 57.3 Å². The zero-order valence-corrected chi connectivity index (χ0v) is 22.8. The number of hydrazone groups is 1. The second-order valence-corrected chi connectivity index (χ2v) is 8.26. The van der Waals surface area contributed by atoms with Gasteiger partial charge in [-0.15, -0.1) is 0 Å². The molecule has 3 aromatic rings. The molecule has 3 aromatic carbocycles. The van der Waals surface area contributed by atoms with E-state index in [2.05, 4.69) is 21.2 Å². The van der Waals surface area contributed by atoms with E-state index >= 15 is 0 Å². The van der Waals surface area contributed by atoms with Crippen LogP contribution in [0, 0.1) is 0 Å². The van der Waals surface area contributed by atoms with Gasteiger partial charge < -0.3 is 29.6 Å². The third-order valence-corrected chi connectivity index (χ3v) is 5.33.